The lowest BCUT2D eigenvalue weighted by molar-refractivity contribution is -0.113. The van der Waals surface area contributed by atoms with Crippen LogP contribution >= 0.6 is 11.8 Å². The van der Waals surface area contributed by atoms with Crippen LogP contribution in [0.4, 0.5) is 5.69 Å². The molecule has 3 aromatic carbocycles. The van der Waals surface area contributed by atoms with Gasteiger partial charge in [-0.2, -0.15) is 5.26 Å². The fraction of sp³-hybridized carbons (Fsp3) is 0.111. The highest BCUT2D eigenvalue weighted by Crippen LogP contribution is 2.33. The molecule has 204 valence electrons. The van der Waals surface area contributed by atoms with Gasteiger partial charge in [-0.05, 0) is 48.0 Å². The molecule has 0 saturated carbocycles. The number of carbonyl (C=O) groups is 1. The first-order valence-corrected chi connectivity index (χ1v) is 14.2. The predicted molar refractivity (Wildman–Crippen MR) is 150 cm³/mol. The number of anilines is 1. The van der Waals surface area contributed by atoms with Crippen LogP contribution in [0.5, 0.6) is 11.5 Å². The van der Waals surface area contributed by atoms with Crippen LogP contribution in [0.3, 0.4) is 0 Å². The van der Waals surface area contributed by atoms with E-state index in [1.807, 2.05) is 36.4 Å². The number of nitrogens with two attached hydrogens (primary N) is 1. The number of methoxy groups -OCH3 is 1. The summed E-state index contributed by atoms with van der Waals surface area (Å²) in [4.78, 5) is 32.0. The zero-order valence-electron chi connectivity index (χ0n) is 21.1. The molecule has 13 heteroatoms. The Balaban J connectivity index is 1.53. The summed E-state index contributed by atoms with van der Waals surface area (Å²) in [5.74, 6) is 0.311. The number of primary sulfonamides is 1. The third-order valence-corrected chi connectivity index (χ3v) is 7.29. The van der Waals surface area contributed by atoms with Crippen LogP contribution in [0.25, 0.3) is 11.3 Å². The minimum absolute atomic E-state index is 0.0843. The van der Waals surface area contributed by atoms with E-state index in [1.165, 1.54) is 31.4 Å². The van der Waals surface area contributed by atoms with E-state index in [2.05, 4.69) is 15.3 Å². The summed E-state index contributed by atoms with van der Waals surface area (Å²) < 4.78 is 34.1. The summed E-state index contributed by atoms with van der Waals surface area (Å²) in [5.41, 5.74) is 1.03. The number of hydrogen-bond donors (Lipinski definition) is 3. The summed E-state index contributed by atoms with van der Waals surface area (Å²) in [6, 6.07) is 21.7. The standard InChI is InChI=1S/C27H23N5O6S2/c1-37-22-12-7-18(13-23(22)38-15-17-5-3-2-4-6-17)25-21(14-28)26(34)32-27(31-25)39-16-24(33)30-19-8-10-20(11-9-19)40(29,35)36/h2-13H,15-16H2,1H3,(H,30,33)(H2,29,35,36)(H,31,32,34). The molecule has 0 atom stereocenters. The summed E-state index contributed by atoms with van der Waals surface area (Å²) >= 11 is 0.957. The van der Waals surface area contributed by atoms with Crippen molar-refractivity contribution in [3.05, 3.63) is 94.3 Å². The van der Waals surface area contributed by atoms with Crippen molar-refractivity contribution in [2.75, 3.05) is 18.2 Å². The first-order chi connectivity index (χ1) is 19.2. The van der Waals surface area contributed by atoms with Crippen molar-refractivity contribution < 1.29 is 22.7 Å². The molecule has 11 nitrogen and oxygen atoms in total. The van der Waals surface area contributed by atoms with Crippen LogP contribution in [0.15, 0.2) is 87.6 Å². The van der Waals surface area contributed by atoms with E-state index in [0.29, 0.717) is 22.7 Å². The average Bonchev–Trinajstić information content (AvgIpc) is 2.95. The largest absolute Gasteiger partial charge is 0.493 e. The second-order valence-corrected chi connectivity index (χ2v) is 10.8. The van der Waals surface area contributed by atoms with Gasteiger partial charge in [-0.1, -0.05) is 42.1 Å². The smallest absolute Gasteiger partial charge is 0.270 e. The number of nitrogens with zero attached hydrogens (tertiary/aromatic N) is 2. The number of aromatic amines is 1. The van der Waals surface area contributed by atoms with Gasteiger partial charge in [0.05, 0.1) is 23.5 Å². The highest BCUT2D eigenvalue weighted by molar-refractivity contribution is 7.99. The van der Waals surface area contributed by atoms with E-state index in [1.54, 1.807) is 18.2 Å². The molecular weight excluding hydrogens is 554 g/mol. The van der Waals surface area contributed by atoms with Crippen LogP contribution in [0, 0.1) is 11.3 Å². The molecule has 40 heavy (non-hydrogen) atoms. The Morgan fingerprint density at radius 2 is 1.82 bits per heavy atom. The SMILES string of the molecule is COc1ccc(-c2nc(SCC(=O)Nc3ccc(S(N)(=O)=O)cc3)[nH]c(=O)c2C#N)cc1OCc1ccccc1. The number of sulfonamides is 1. The lowest BCUT2D eigenvalue weighted by Crippen LogP contribution is -2.17. The molecule has 0 radical (unpaired) electrons. The zero-order valence-corrected chi connectivity index (χ0v) is 22.7. The minimum Gasteiger partial charge on any atom is -0.493 e. The Morgan fingerprint density at radius 1 is 1.10 bits per heavy atom. The number of aromatic nitrogens is 2. The third kappa shape index (κ3) is 7.06. The number of ether oxygens (including phenoxy) is 2. The summed E-state index contributed by atoms with van der Waals surface area (Å²) in [7, 11) is -2.35. The van der Waals surface area contributed by atoms with Gasteiger partial charge in [0.15, 0.2) is 16.7 Å². The monoisotopic (exact) mass is 577 g/mol. The Morgan fingerprint density at radius 3 is 2.48 bits per heavy atom. The van der Waals surface area contributed by atoms with Crippen LogP contribution in [-0.2, 0) is 21.4 Å². The van der Waals surface area contributed by atoms with E-state index in [4.69, 9.17) is 14.6 Å². The van der Waals surface area contributed by atoms with Crippen LogP contribution < -0.4 is 25.5 Å². The van der Waals surface area contributed by atoms with E-state index >= 15 is 0 Å². The molecule has 4 N–H and O–H groups in total. The van der Waals surface area contributed by atoms with Gasteiger partial charge in [-0.25, -0.2) is 18.5 Å². The molecule has 0 aliphatic rings. The minimum atomic E-state index is -3.85. The topological polar surface area (TPSA) is 177 Å². The number of nitrogens with one attached hydrogen (secondary N) is 2. The molecule has 4 aromatic rings. The van der Waals surface area contributed by atoms with Gasteiger partial charge >= 0.3 is 0 Å². The molecule has 0 spiro atoms. The van der Waals surface area contributed by atoms with Crippen LogP contribution in [-0.4, -0.2) is 37.2 Å². The van der Waals surface area contributed by atoms with Gasteiger partial charge in [-0.3, -0.25) is 9.59 Å². The molecule has 1 aromatic heterocycles. The van der Waals surface area contributed by atoms with Crippen LogP contribution in [0.2, 0.25) is 0 Å². The van der Waals surface area contributed by atoms with Crippen molar-refractivity contribution in [1.82, 2.24) is 9.97 Å². The normalized spacial score (nSPS) is 10.9. The lowest BCUT2D eigenvalue weighted by atomic mass is 10.1. The Kier molecular flexibility index (Phi) is 8.85. The highest BCUT2D eigenvalue weighted by Gasteiger charge is 2.17. The fourth-order valence-corrected chi connectivity index (χ4v) is 4.74. The number of carbonyl (C=O) groups excluding carboxylic acids is 1. The van der Waals surface area contributed by atoms with Gasteiger partial charge in [0.25, 0.3) is 5.56 Å². The summed E-state index contributed by atoms with van der Waals surface area (Å²) in [6.45, 7) is 0.273. The van der Waals surface area contributed by atoms with E-state index in [9.17, 15) is 23.3 Å². The molecule has 0 saturated heterocycles. The van der Waals surface area contributed by atoms with E-state index in [-0.39, 0.29) is 33.7 Å². The predicted octanol–water partition coefficient (Wildman–Crippen LogP) is 3.27. The number of amides is 1. The third-order valence-electron chi connectivity index (χ3n) is 5.49. The molecule has 0 unspecified atom stereocenters. The number of H-pyrrole nitrogens is 1. The average molecular weight is 578 g/mol. The van der Waals surface area contributed by atoms with Gasteiger partial charge in [-0.15, -0.1) is 0 Å². The Bertz CT molecular complexity index is 1730. The van der Waals surface area contributed by atoms with Gasteiger partial charge in [0.1, 0.15) is 18.2 Å². The maximum Gasteiger partial charge on any atom is 0.270 e. The maximum atomic E-state index is 12.7. The molecule has 0 bridgehead atoms. The molecule has 4 rings (SSSR count). The highest BCUT2D eigenvalue weighted by atomic mass is 32.2. The first-order valence-electron chi connectivity index (χ1n) is 11.6. The Labute approximate surface area is 234 Å². The lowest BCUT2D eigenvalue weighted by Gasteiger charge is -2.13. The number of hydrogen-bond acceptors (Lipinski definition) is 9. The number of benzene rings is 3. The fourth-order valence-electron chi connectivity index (χ4n) is 3.56. The molecule has 1 amide bonds. The zero-order chi connectivity index (χ0) is 28.7. The number of rotatable bonds is 10. The van der Waals surface area contributed by atoms with Crippen molar-refractivity contribution in [2.45, 2.75) is 16.7 Å². The molecule has 0 aliphatic carbocycles. The number of nitriles is 1. The second kappa shape index (κ2) is 12.5. The van der Waals surface area contributed by atoms with Gasteiger partial charge in [0.2, 0.25) is 15.9 Å². The van der Waals surface area contributed by atoms with Crippen molar-refractivity contribution in [1.29, 1.82) is 5.26 Å². The maximum absolute atomic E-state index is 12.7. The van der Waals surface area contributed by atoms with Crippen molar-refractivity contribution >= 4 is 33.4 Å². The molecule has 0 aliphatic heterocycles. The van der Waals surface area contributed by atoms with E-state index in [0.717, 1.165) is 17.3 Å². The van der Waals surface area contributed by atoms with Crippen molar-refractivity contribution in [2.24, 2.45) is 5.14 Å². The summed E-state index contributed by atoms with van der Waals surface area (Å²) in [6.07, 6.45) is 0. The first kappa shape index (κ1) is 28.4. The van der Waals surface area contributed by atoms with Crippen LogP contribution in [0.1, 0.15) is 11.1 Å². The number of thioether (sulfide) groups is 1. The van der Waals surface area contributed by atoms with Gasteiger partial charge < -0.3 is 19.8 Å². The summed E-state index contributed by atoms with van der Waals surface area (Å²) in [5, 5.41) is 17.5. The quantitative estimate of drug-likeness (QED) is 0.188. The molecular formula is C27H23N5O6S2. The second-order valence-electron chi connectivity index (χ2n) is 8.25. The van der Waals surface area contributed by atoms with Crippen molar-refractivity contribution in [3.8, 4) is 28.8 Å². The van der Waals surface area contributed by atoms with E-state index < -0.39 is 21.5 Å². The Hall–Kier alpha value is -4.64. The molecule has 1 heterocycles. The molecule has 0 fully saturated rings. The van der Waals surface area contributed by atoms with Crippen molar-refractivity contribution in [3.63, 3.8) is 0 Å². The van der Waals surface area contributed by atoms with Gasteiger partial charge in [0, 0.05) is 11.3 Å².